The van der Waals surface area contributed by atoms with Gasteiger partial charge in [-0.3, -0.25) is 0 Å². The first-order valence-corrected chi connectivity index (χ1v) is 6.73. The van der Waals surface area contributed by atoms with Crippen LogP contribution in [0.5, 0.6) is 0 Å². The number of nitrogen functional groups attached to an aromatic ring is 1. The van der Waals surface area contributed by atoms with Gasteiger partial charge < -0.3 is 15.2 Å². The van der Waals surface area contributed by atoms with Crippen LogP contribution >= 0.6 is 0 Å². The van der Waals surface area contributed by atoms with E-state index >= 15 is 0 Å². The number of hydrogen-bond donors (Lipinski definition) is 1. The molecule has 100 valence electrons. The molecule has 0 amide bonds. The van der Waals surface area contributed by atoms with Gasteiger partial charge in [0.2, 0.25) is 5.89 Å². The number of hydrogen-bond acceptors (Lipinski definition) is 5. The summed E-state index contributed by atoms with van der Waals surface area (Å²) in [4.78, 5) is 6.62. The van der Waals surface area contributed by atoms with E-state index < -0.39 is 0 Å². The number of aryl methyl sites for hydroxylation is 2. The number of rotatable bonds is 4. The average molecular weight is 258 g/mol. The van der Waals surface area contributed by atoms with Gasteiger partial charge >= 0.3 is 0 Å². The molecule has 2 heterocycles. The summed E-state index contributed by atoms with van der Waals surface area (Å²) < 4.78 is 5.29. The van der Waals surface area contributed by atoms with E-state index in [2.05, 4.69) is 21.1 Å². The molecule has 0 radical (unpaired) electrons. The SMILES string of the molecule is Nc1cccc(CCc2nc(N3CCCC3)no2)c1. The van der Waals surface area contributed by atoms with Crippen molar-refractivity contribution < 1.29 is 4.52 Å². The van der Waals surface area contributed by atoms with Crippen molar-refractivity contribution in [3.63, 3.8) is 0 Å². The Morgan fingerprint density at radius 2 is 2.05 bits per heavy atom. The summed E-state index contributed by atoms with van der Waals surface area (Å²) in [6.07, 6.45) is 4.05. The Morgan fingerprint density at radius 3 is 2.84 bits per heavy atom. The van der Waals surface area contributed by atoms with Gasteiger partial charge in [-0.05, 0) is 42.1 Å². The number of anilines is 2. The maximum absolute atomic E-state index is 5.76. The molecule has 5 heteroatoms. The fourth-order valence-electron chi connectivity index (χ4n) is 2.39. The van der Waals surface area contributed by atoms with Gasteiger partial charge in [-0.15, -0.1) is 0 Å². The molecule has 0 unspecified atom stereocenters. The average Bonchev–Trinajstić information content (AvgIpc) is 3.07. The largest absolute Gasteiger partial charge is 0.399 e. The van der Waals surface area contributed by atoms with E-state index in [0.717, 1.165) is 37.6 Å². The quantitative estimate of drug-likeness (QED) is 0.850. The van der Waals surface area contributed by atoms with E-state index in [4.69, 9.17) is 10.3 Å². The third kappa shape index (κ3) is 2.86. The van der Waals surface area contributed by atoms with Crippen LogP contribution in [0.2, 0.25) is 0 Å². The molecule has 2 aromatic rings. The highest BCUT2D eigenvalue weighted by Crippen LogP contribution is 2.17. The van der Waals surface area contributed by atoms with Crippen molar-refractivity contribution in [2.24, 2.45) is 0 Å². The topological polar surface area (TPSA) is 68.2 Å². The second kappa shape index (κ2) is 5.30. The van der Waals surface area contributed by atoms with Gasteiger partial charge in [0.1, 0.15) is 0 Å². The molecule has 1 aliphatic rings. The first kappa shape index (κ1) is 12.0. The Kier molecular flexibility index (Phi) is 3.35. The van der Waals surface area contributed by atoms with Gasteiger partial charge in [-0.1, -0.05) is 12.1 Å². The number of nitrogens with zero attached hydrogens (tertiary/aromatic N) is 3. The van der Waals surface area contributed by atoms with Gasteiger partial charge in [0, 0.05) is 25.2 Å². The first-order valence-electron chi connectivity index (χ1n) is 6.73. The summed E-state index contributed by atoms with van der Waals surface area (Å²) in [5, 5.41) is 4.04. The van der Waals surface area contributed by atoms with Crippen LogP contribution in [0.3, 0.4) is 0 Å². The summed E-state index contributed by atoms with van der Waals surface area (Å²) in [6.45, 7) is 2.07. The zero-order valence-electron chi connectivity index (χ0n) is 10.9. The standard InChI is InChI=1S/C14H18N4O/c15-12-5-3-4-11(10-12)6-7-13-16-14(17-19-13)18-8-1-2-9-18/h3-5,10H,1-2,6-9,15H2. The van der Waals surface area contributed by atoms with Crippen LogP contribution in [0, 0.1) is 0 Å². The summed E-state index contributed by atoms with van der Waals surface area (Å²) in [7, 11) is 0. The van der Waals surface area contributed by atoms with Crippen LogP contribution in [-0.4, -0.2) is 23.2 Å². The zero-order chi connectivity index (χ0) is 13.1. The van der Waals surface area contributed by atoms with Crippen LogP contribution in [0.1, 0.15) is 24.3 Å². The molecular weight excluding hydrogens is 240 g/mol. The van der Waals surface area contributed by atoms with E-state index in [1.54, 1.807) is 0 Å². The van der Waals surface area contributed by atoms with Crippen LogP contribution < -0.4 is 10.6 Å². The second-order valence-corrected chi connectivity index (χ2v) is 4.93. The molecule has 3 rings (SSSR count). The Hall–Kier alpha value is -2.04. The summed E-state index contributed by atoms with van der Waals surface area (Å²) in [5.74, 6) is 1.43. The molecule has 0 bridgehead atoms. The molecule has 1 aromatic carbocycles. The number of aromatic nitrogens is 2. The minimum atomic E-state index is 0.698. The monoisotopic (exact) mass is 258 g/mol. The van der Waals surface area contributed by atoms with Gasteiger partial charge in [0.25, 0.3) is 5.95 Å². The number of nitrogens with two attached hydrogens (primary N) is 1. The Bertz CT molecular complexity index is 546. The van der Waals surface area contributed by atoms with E-state index in [1.807, 2.05) is 18.2 Å². The lowest BCUT2D eigenvalue weighted by Crippen LogP contribution is -2.18. The van der Waals surface area contributed by atoms with Gasteiger partial charge in [0.05, 0.1) is 0 Å². The van der Waals surface area contributed by atoms with E-state index in [9.17, 15) is 0 Å². The molecule has 1 aromatic heterocycles. The fraction of sp³-hybridized carbons (Fsp3) is 0.429. The molecule has 1 aliphatic heterocycles. The van der Waals surface area contributed by atoms with Crippen molar-refractivity contribution in [2.45, 2.75) is 25.7 Å². The van der Waals surface area contributed by atoms with Crippen molar-refractivity contribution >= 4 is 11.6 Å². The lowest BCUT2D eigenvalue weighted by molar-refractivity contribution is 0.377. The van der Waals surface area contributed by atoms with Gasteiger partial charge in [-0.2, -0.15) is 4.98 Å². The van der Waals surface area contributed by atoms with Crippen molar-refractivity contribution in [1.82, 2.24) is 10.1 Å². The fourth-order valence-corrected chi connectivity index (χ4v) is 2.39. The molecule has 0 atom stereocenters. The van der Waals surface area contributed by atoms with E-state index in [1.165, 1.54) is 18.4 Å². The molecule has 1 fully saturated rings. The van der Waals surface area contributed by atoms with Crippen LogP contribution in [0.15, 0.2) is 28.8 Å². The highest BCUT2D eigenvalue weighted by Gasteiger charge is 2.17. The summed E-state index contributed by atoms with van der Waals surface area (Å²) in [5.41, 5.74) is 7.74. The van der Waals surface area contributed by atoms with Crippen LogP contribution in [0.25, 0.3) is 0 Å². The third-order valence-corrected chi connectivity index (χ3v) is 3.42. The van der Waals surface area contributed by atoms with Gasteiger partial charge in [0.15, 0.2) is 0 Å². The van der Waals surface area contributed by atoms with E-state index in [-0.39, 0.29) is 0 Å². The lowest BCUT2D eigenvalue weighted by Gasteiger charge is -2.09. The van der Waals surface area contributed by atoms with Crippen LogP contribution in [-0.2, 0) is 12.8 Å². The minimum absolute atomic E-state index is 0.698. The molecule has 19 heavy (non-hydrogen) atoms. The summed E-state index contributed by atoms with van der Waals surface area (Å²) >= 11 is 0. The summed E-state index contributed by atoms with van der Waals surface area (Å²) in [6, 6.07) is 7.90. The third-order valence-electron chi connectivity index (χ3n) is 3.42. The van der Waals surface area contributed by atoms with Gasteiger partial charge in [-0.25, -0.2) is 0 Å². The van der Waals surface area contributed by atoms with Crippen molar-refractivity contribution in [3.8, 4) is 0 Å². The predicted octanol–water partition coefficient (Wildman–Crippen LogP) is 2.04. The second-order valence-electron chi connectivity index (χ2n) is 4.93. The smallest absolute Gasteiger partial charge is 0.266 e. The molecule has 2 N–H and O–H groups in total. The maximum atomic E-state index is 5.76. The zero-order valence-corrected chi connectivity index (χ0v) is 10.9. The maximum Gasteiger partial charge on any atom is 0.266 e. The Morgan fingerprint density at radius 1 is 1.21 bits per heavy atom. The normalized spacial score (nSPS) is 15.1. The molecule has 1 saturated heterocycles. The first-order chi connectivity index (χ1) is 9.31. The highest BCUT2D eigenvalue weighted by molar-refractivity contribution is 5.40. The lowest BCUT2D eigenvalue weighted by atomic mass is 10.1. The highest BCUT2D eigenvalue weighted by atomic mass is 16.5. The predicted molar refractivity (Wildman–Crippen MR) is 74.0 cm³/mol. The number of benzene rings is 1. The molecule has 0 saturated carbocycles. The molecular formula is C14H18N4O. The molecule has 5 nitrogen and oxygen atoms in total. The van der Waals surface area contributed by atoms with Crippen molar-refractivity contribution in [1.29, 1.82) is 0 Å². The Balaban J connectivity index is 1.61. The van der Waals surface area contributed by atoms with E-state index in [0.29, 0.717) is 5.89 Å². The molecule has 0 aliphatic carbocycles. The molecule has 0 spiro atoms. The van der Waals surface area contributed by atoms with Crippen LogP contribution in [0.4, 0.5) is 11.6 Å². The Labute approximate surface area is 112 Å². The minimum Gasteiger partial charge on any atom is -0.399 e. The van der Waals surface area contributed by atoms with Crippen molar-refractivity contribution in [3.05, 3.63) is 35.7 Å². The van der Waals surface area contributed by atoms with Crippen molar-refractivity contribution in [2.75, 3.05) is 23.7 Å².